The highest BCUT2D eigenvalue weighted by molar-refractivity contribution is 6.71. The quantitative estimate of drug-likeness (QED) is 0.518. The summed E-state index contributed by atoms with van der Waals surface area (Å²) in [6.45, 7) is 7.44. The van der Waals surface area contributed by atoms with E-state index in [2.05, 4.69) is 20.0 Å². The molecule has 0 radical (unpaired) electrons. The van der Waals surface area contributed by atoms with Crippen LogP contribution in [0.15, 0.2) is 24.3 Å². The topological polar surface area (TPSA) is 9.23 Å². The van der Waals surface area contributed by atoms with Crippen molar-refractivity contribution in [2.24, 2.45) is 0 Å². The third-order valence-corrected chi connectivity index (χ3v) is 5.57. The van der Waals surface area contributed by atoms with Crippen LogP contribution in [-0.2, 0) is 10.8 Å². The average Bonchev–Trinajstić information content (AvgIpc) is 2.27. The van der Waals surface area contributed by atoms with Gasteiger partial charge < -0.3 is 4.43 Å². The van der Waals surface area contributed by atoms with Gasteiger partial charge in [0, 0.05) is 6.61 Å². The van der Waals surface area contributed by atoms with Crippen LogP contribution in [0.2, 0.25) is 19.1 Å². The molecule has 3 heteroatoms. The summed E-state index contributed by atoms with van der Waals surface area (Å²) < 4.78 is 18.5. The molecular formula is C14H23FOSi. The molecule has 96 valence electrons. The van der Waals surface area contributed by atoms with E-state index in [1.807, 2.05) is 12.1 Å². The van der Waals surface area contributed by atoms with Gasteiger partial charge in [0.25, 0.3) is 0 Å². The third kappa shape index (κ3) is 5.98. The molecule has 0 heterocycles. The summed E-state index contributed by atoms with van der Waals surface area (Å²) >= 11 is 0. The van der Waals surface area contributed by atoms with E-state index in [9.17, 15) is 4.39 Å². The Kier molecular flexibility index (Phi) is 5.85. The summed E-state index contributed by atoms with van der Waals surface area (Å²) in [5.41, 5.74) is 1.22. The fourth-order valence-electron chi connectivity index (χ4n) is 1.99. The Morgan fingerprint density at radius 1 is 1.12 bits per heavy atom. The lowest BCUT2D eigenvalue weighted by atomic mass is 10.1. The minimum atomic E-state index is -1.41. The maximum Gasteiger partial charge on any atom is 0.186 e. The first-order chi connectivity index (χ1) is 8.03. The standard InChI is InChI=1S/C14H23FOSi/c1-4-16-17(2,3)12-6-5-7-13-8-10-14(15)11-9-13/h8-11H,4-7,12H2,1-3H3. The first-order valence-corrected chi connectivity index (χ1v) is 9.53. The molecule has 1 aromatic rings. The molecule has 0 fully saturated rings. The highest BCUT2D eigenvalue weighted by atomic mass is 28.4. The highest BCUT2D eigenvalue weighted by Crippen LogP contribution is 2.16. The van der Waals surface area contributed by atoms with Crippen LogP contribution in [0.25, 0.3) is 0 Å². The van der Waals surface area contributed by atoms with Crippen LogP contribution in [0.5, 0.6) is 0 Å². The van der Waals surface area contributed by atoms with Gasteiger partial charge in [-0.3, -0.25) is 0 Å². The lowest BCUT2D eigenvalue weighted by Crippen LogP contribution is -2.29. The first-order valence-electron chi connectivity index (χ1n) is 6.42. The number of rotatable bonds is 7. The lowest BCUT2D eigenvalue weighted by Gasteiger charge is -2.21. The fraction of sp³-hybridized carbons (Fsp3) is 0.571. The molecule has 0 unspecified atom stereocenters. The van der Waals surface area contributed by atoms with Crippen LogP contribution in [0.1, 0.15) is 25.3 Å². The summed E-state index contributed by atoms with van der Waals surface area (Å²) in [5, 5.41) is 0. The van der Waals surface area contributed by atoms with Crippen molar-refractivity contribution in [3.05, 3.63) is 35.6 Å². The van der Waals surface area contributed by atoms with Crippen molar-refractivity contribution in [2.75, 3.05) is 6.61 Å². The third-order valence-electron chi connectivity index (χ3n) is 2.94. The number of benzene rings is 1. The van der Waals surface area contributed by atoms with Gasteiger partial charge in [-0.1, -0.05) is 18.6 Å². The Morgan fingerprint density at radius 3 is 2.35 bits per heavy atom. The summed E-state index contributed by atoms with van der Waals surface area (Å²) in [5.74, 6) is -0.154. The number of hydrogen-bond acceptors (Lipinski definition) is 1. The fourth-order valence-corrected chi connectivity index (χ4v) is 4.02. The van der Waals surface area contributed by atoms with E-state index in [0.29, 0.717) is 0 Å². The molecule has 0 aliphatic heterocycles. The van der Waals surface area contributed by atoms with Gasteiger partial charge in [0.2, 0.25) is 0 Å². The van der Waals surface area contributed by atoms with Crippen molar-refractivity contribution in [1.82, 2.24) is 0 Å². The molecule has 0 amide bonds. The molecule has 0 aliphatic rings. The Morgan fingerprint density at radius 2 is 1.76 bits per heavy atom. The molecular weight excluding hydrogens is 231 g/mol. The summed E-state index contributed by atoms with van der Waals surface area (Å²) in [6.07, 6.45) is 3.41. The first kappa shape index (κ1) is 14.4. The predicted molar refractivity (Wildman–Crippen MR) is 73.3 cm³/mol. The average molecular weight is 254 g/mol. The minimum absolute atomic E-state index is 0.154. The van der Waals surface area contributed by atoms with Crippen molar-refractivity contribution in [3.63, 3.8) is 0 Å². The number of hydrogen-bond donors (Lipinski definition) is 0. The summed E-state index contributed by atoms with van der Waals surface area (Å²) in [7, 11) is -1.41. The van der Waals surface area contributed by atoms with E-state index in [-0.39, 0.29) is 5.82 Å². The molecule has 17 heavy (non-hydrogen) atoms. The SMILES string of the molecule is CCO[Si](C)(C)CCCCc1ccc(F)cc1. The lowest BCUT2D eigenvalue weighted by molar-refractivity contribution is 0.327. The smallest absolute Gasteiger partial charge is 0.186 e. The zero-order chi connectivity index (χ0) is 12.7. The van der Waals surface area contributed by atoms with E-state index in [1.54, 1.807) is 0 Å². The molecule has 1 aromatic carbocycles. The molecule has 0 spiro atoms. The Hall–Kier alpha value is -0.673. The molecule has 0 saturated heterocycles. The molecule has 0 N–H and O–H groups in total. The zero-order valence-electron chi connectivity index (χ0n) is 11.1. The van der Waals surface area contributed by atoms with Crippen LogP contribution in [-0.4, -0.2) is 14.9 Å². The number of halogens is 1. The number of aryl methyl sites for hydroxylation is 1. The maximum absolute atomic E-state index is 12.7. The van der Waals surface area contributed by atoms with E-state index >= 15 is 0 Å². The van der Waals surface area contributed by atoms with Gasteiger partial charge in [-0.05, 0) is 56.6 Å². The van der Waals surface area contributed by atoms with E-state index in [0.717, 1.165) is 19.4 Å². The molecule has 0 aliphatic carbocycles. The molecule has 1 nitrogen and oxygen atoms in total. The predicted octanol–water partition coefficient (Wildman–Crippen LogP) is 4.39. The van der Waals surface area contributed by atoms with Crippen LogP contribution in [0.3, 0.4) is 0 Å². The van der Waals surface area contributed by atoms with Crippen molar-refractivity contribution in [1.29, 1.82) is 0 Å². The Balaban J connectivity index is 2.22. The molecule has 1 rings (SSSR count). The van der Waals surface area contributed by atoms with E-state index in [4.69, 9.17) is 4.43 Å². The van der Waals surface area contributed by atoms with Crippen molar-refractivity contribution in [3.8, 4) is 0 Å². The second-order valence-electron chi connectivity index (χ2n) is 5.03. The Labute approximate surface area is 105 Å². The zero-order valence-corrected chi connectivity index (χ0v) is 12.1. The van der Waals surface area contributed by atoms with Crippen molar-refractivity contribution < 1.29 is 8.82 Å². The maximum atomic E-state index is 12.7. The van der Waals surface area contributed by atoms with Gasteiger partial charge in [-0.25, -0.2) is 4.39 Å². The number of unbranched alkanes of at least 4 members (excludes halogenated alkanes) is 1. The van der Waals surface area contributed by atoms with Crippen LogP contribution in [0, 0.1) is 5.82 Å². The van der Waals surface area contributed by atoms with E-state index < -0.39 is 8.32 Å². The van der Waals surface area contributed by atoms with Crippen molar-refractivity contribution >= 4 is 8.32 Å². The monoisotopic (exact) mass is 254 g/mol. The van der Waals surface area contributed by atoms with Crippen LogP contribution < -0.4 is 0 Å². The second-order valence-corrected chi connectivity index (χ2v) is 9.33. The Bertz CT molecular complexity index is 321. The molecule has 0 bridgehead atoms. The molecule has 0 aromatic heterocycles. The van der Waals surface area contributed by atoms with Crippen LogP contribution >= 0.6 is 0 Å². The molecule has 0 saturated carbocycles. The normalized spacial score (nSPS) is 11.8. The van der Waals surface area contributed by atoms with E-state index in [1.165, 1.54) is 30.2 Å². The van der Waals surface area contributed by atoms with Crippen molar-refractivity contribution in [2.45, 2.75) is 45.3 Å². The second kappa shape index (κ2) is 6.92. The largest absolute Gasteiger partial charge is 0.418 e. The van der Waals surface area contributed by atoms with Gasteiger partial charge in [0.1, 0.15) is 5.82 Å². The summed E-state index contributed by atoms with van der Waals surface area (Å²) in [6, 6.07) is 8.03. The minimum Gasteiger partial charge on any atom is -0.418 e. The van der Waals surface area contributed by atoms with Gasteiger partial charge in [0.15, 0.2) is 8.32 Å². The van der Waals surface area contributed by atoms with Gasteiger partial charge in [-0.15, -0.1) is 0 Å². The van der Waals surface area contributed by atoms with Gasteiger partial charge in [-0.2, -0.15) is 0 Å². The van der Waals surface area contributed by atoms with Gasteiger partial charge in [0.05, 0.1) is 0 Å². The highest BCUT2D eigenvalue weighted by Gasteiger charge is 2.20. The summed E-state index contributed by atoms with van der Waals surface area (Å²) in [4.78, 5) is 0. The van der Waals surface area contributed by atoms with Crippen LogP contribution in [0.4, 0.5) is 4.39 Å². The van der Waals surface area contributed by atoms with Gasteiger partial charge >= 0.3 is 0 Å². The molecule has 0 atom stereocenters.